The molecule has 1 rings (SSSR count). The third-order valence-corrected chi connectivity index (χ3v) is 4.28. The Labute approximate surface area is 101 Å². The summed E-state index contributed by atoms with van der Waals surface area (Å²) in [7, 11) is -3.45. The minimum atomic E-state index is -3.45. The average molecular weight is 261 g/mol. The highest BCUT2D eigenvalue weighted by Crippen LogP contribution is 2.11. The van der Waals surface area contributed by atoms with Crippen LogP contribution in [0.4, 0.5) is 4.39 Å². The predicted octanol–water partition coefficient (Wildman–Crippen LogP) is 0.970. The first-order valence-corrected chi connectivity index (χ1v) is 6.93. The van der Waals surface area contributed by atoms with Gasteiger partial charge in [0.25, 0.3) is 0 Å². The SMILES string of the molecule is CCN(CCO)S(=O)(=O)Cc1ccc(F)cc1. The average Bonchev–Trinajstić information content (AvgIpc) is 2.28. The van der Waals surface area contributed by atoms with Gasteiger partial charge in [0.1, 0.15) is 5.82 Å². The lowest BCUT2D eigenvalue weighted by atomic mass is 10.2. The lowest BCUT2D eigenvalue weighted by molar-refractivity contribution is 0.257. The molecule has 0 heterocycles. The molecule has 0 fully saturated rings. The van der Waals surface area contributed by atoms with Crippen LogP contribution in [-0.2, 0) is 15.8 Å². The van der Waals surface area contributed by atoms with Gasteiger partial charge in [-0.05, 0) is 17.7 Å². The Hall–Kier alpha value is -0.980. The molecule has 4 nitrogen and oxygen atoms in total. The van der Waals surface area contributed by atoms with Crippen molar-refractivity contribution in [1.29, 1.82) is 0 Å². The fraction of sp³-hybridized carbons (Fsp3) is 0.455. The summed E-state index contributed by atoms with van der Waals surface area (Å²) in [5, 5.41) is 8.78. The van der Waals surface area contributed by atoms with E-state index in [-0.39, 0.29) is 18.9 Å². The Morgan fingerprint density at radius 3 is 2.35 bits per heavy atom. The number of hydrogen-bond donors (Lipinski definition) is 1. The Bertz CT molecular complexity index is 444. The van der Waals surface area contributed by atoms with Crippen LogP contribution in [0.15, 0.2) is 24.3 Å². The van der Waals surface area contributed by atoms with Crippen molar-refractivity contribution in [3.63, 3.8) is 0 Å². The Morgan fingerprint density at radius 2 is 1.88 bits per heavy atom. The van der Waals surface area contributed by atoms with Gasteiger partial charge in [-0.2, -0.15) is 4.31 Å². The van der Waals surface area contributed by atoms with Crippen molar-refractivity contribution in [2.45, 2.75) is 12.7 Å². The molecular weight excluding hydrogens is 245 g/mol. The smallest absolute Gasteiger partial charge is 0.218 e. The summed E-state index contributed by atoms with van der Waals surface area (Å²) in [6.45, 7) is 1.89. The van der Waals surface area contributed by atoms with Crippen molar-refractivity contribution in [3.05, 3.63) is 35.6 Å². The summed E-state index contributed by atoms with van der Waals surface area (Å²) in [4.78, 5) is 0. The quantitative estimate of drug-likeness (QED) is 0.830. The van der Waals surface area contributed by atoms with E-state index in [0.29, 0.717) is 12.1 Å². The third kappa shape index (κ3) is 4.07. The first kappa shape index (κ1) is 14.1. The topological polar surface area (TPSA) is 57.6 Å². The Morgan fingerprint density at radius 1 is 1.29 bits per heavy atom. The fourth-order valence-corrected chi connectivity index (χ4v) is 3.04. The van der Waals surface area contributed by atoms with Gasteiger partial charge in [-0.15, -0.1) is 0 Å². The van der Waals surface area contributed by atoms with Gasteiger partial charge in [-0.1, -0.05) is 19.1 Å². The zero-order valence-electron chi connectivity index (χ0n) is 9.63. The number of rotatable bonds is 6. The molecule has 1 aromatic rings. The molecule has 1 aromatic carbocycles. The first-order valence-electron chi connectivity index (χ1n) is 5.32. The molecule has 0 atom stereocenters. The highest BCUT2D eigenvalue weighted by atomic mass is 32.2. The molecule has 96 valence electrons. The number of hydrogen-bond acceptors (Lipinski definition) is 3. The molecule has 0 aliphatic heterocycles. The summed E-state index contributed by atoms with van der Waals surface area (Å²) in [5.74, 6) is -0.574. The standard InChI is InChI=1S/C11H16FNO3S/c1-2-13(7-8-14)17(15,16)9-10-3-5-11(12)6-4-10/h3-6,14H,2,7-9H2,1H3. The van der Waals surface area contributed by atoms with Crippen molar-refractivity contribution < 1.29 is 17.9 Å². The molecule has 0 aliphatic carbocycles. The summed E-state index contributed by atoms with van der Waals surface area (Å²) in [6, 6.07) is 5.35. The van der Waals surface area contributed by atoms with Crippen LogP contribution in [0.25, 0.3) is 0 Å². The van der Waals surface area contributed by atoms with Crippen LogP contribution in [-0.4, -0.2) is 37.5 Å². The van der Waals surface area contributed by atoms with Crippen LogP contribution in [0.3, 0.4) is 0 Å². The van der Waals surface area contributed by atoms with Crippen LogP contribution in [0.1, 0.15) is 12.5 Å². The van der Waals surface area contributed by atoms with Crippen LogP contribution in [0.5, 0.6) is 0 Å². The predicted molar refractivity (Wildman–Crippen MR) is 63.4 cm³/mol. The zero-order valence-corrected chi connectivity index (χ0v) is 10.5. The molecule has 0 aromatic heterocycles. The van der Waals surface area contributed by atoms with Gasteiger partial charge in [0.2, 0.25) is 10.0 Å². The van der Waals surface area contributed by atoms with E-state index < -0.39 is 15.8 Å². The number of sulfonamides is 1. The number of nitrogens with zero attached hydrogens (tertiary/aromatic N) is 1. The highest BCUT2D eigenvalue weighted by Gasteiger charge is 2.20. The highest BCUT2D eigenvalue weighted by molar-refractivity contribution is 7.88. The molecule has 0 bridgehead atoms. The number of benzene rings is 1. The van der Waals surface area contributed by atoms with Gasteiger partial charge in [0.05, 0.1) is 12.4 Å². The van der Waals surface area contributed by atoms with Crippen LogP contribution in [0.2, 0.25) is 0 Å². The molecule has 1 N–H and O–H groups in total. The first-order chi connectivity index (χ1) is 7.99. The van der Waals surface area contributed by atoms with Crippen molar-refractivity contribution >= 4 is 10.0 Å². The molecule has 0 saturated heterocycles. The maximum atomic E-state index is 12.7. The Kier molecular flexibility index (Phi) is 5.04. The summed E-state index contributed by atoms with van der Waals surface area (Å²) >= 11 is 0. The fourth-order valence-electron chi connectivity index (χ4n) is 1.49. The van der Waals surface area contributed by atoms with Gasteiger partial charge in [-0.25, -0.2) is 12.8 Å². The van der Waals surface area contributed by atoms with E-state index in [1.54, 1.807) is 6.92 Å². The van der Waals surface area contributed by atoms with Crippen LogP contribution >= 0.6 is 0 Å². The van der Waals surface area contributed by atoms with E-state index in [2.05, 4.69) is 0 Å². The molecule has 6 heteroatoms. The zero-order chi connectivity index (χ0) is 12.9. The van der Waals surface area contributed by atoms with E-state index in [1.165, 1.54) is 28.6 Å². The number of likely N-dealkylation sites (N-methyl/N-ethyl adjacent to an activating group) is 1. The largest absolute Gasteiger partial charge is 0.395 e. The lowest BCUT2D eigenvalue weighted by Crippen LogP contribution is -2.34. The minimum Gasteiger partial charge on any atom is -0.395 e. The van der Waals surface area contributed by atoms with Crippen molar-refractivity contribution in [3.8, 4) is 0 Å². The van der Waals surface area contributed by atoms with Gasteiger partial charge in [0.15, 0.2) is 0 Å². The summed E-state index contributed by atoms with van der Waals surface area (Å²) < 4.78 is 37.7. The van der Waals surface area contributed by atoms with Gasteiger partial charge in [0, 0.05) is 13.1 Å². The monoisotopic (exact) mass is 261 g/mol. The number of aliphatic hydroxyl groups excluding tert-OH is 1. The van der Waals surface area contributed by atoms with Gasteiger partial charge < -0.3 is 5.11 Å². The molecule has 0 spiro atoms. The van der Waals surface area contributed by atoms with Crippen LogP contribution < -0.4 is 0 Å². The summed E-state index contributed by atoms with van der Waals surface area (Å²) in [5.41, 5.74) is 0.530. The minimum absolute atomic E-state index is 0.0834. The molecule has 0 aliphatic rings. The molecule has 0 radical (unpaired) electrons. The van der Waals surface area contributed by atoms with Crippen LogP contribution in [0, 0.1) is 5.82 Å². The van der Waals surface area contributed by atoms with E-state index in [9.17, 15) is 12.8 Å². The molecular formula is C11H16FNO3S. The maximum absolute atomic E-state index is 12.7. The molecule has 0 amide bonds. The van der Waals surface area contributed by atoms with Crippen molar-refractivity contribution in [2.24, 2.45) is 0 Å². The second-order valence-electron chi connectivity index (χ2n) is 3.60. The molecule has 0 saturated carbocycles. The van der Waals surface area contributed by atoms with E-state index in [0.717, 1.165) is 0 Å². The summed E-state index contributed by atoms with van der Waals surface area (Å²) in [6.07, 6.45) is 0. The normalized spacial score (nSPS) is 12.0. The van der Waals surface area contributed by atoms with Gasteiger partial charge in [-0.3, -0.25) is 0 Å². The van der Waals surface area contributed by atoms with E-state index >= 15 is 0 Å². The molecule has 0 unspecified atom stereocenters. The second-order valence-corrected chi connectivity index (χ2v) is 5.57. The third-order valence-electron chi connectivity index (χ3n) is 2.36. The number of aliphatic hydroxyl groups is 1. The van der Waals surface area contributed by atoms with Crippen molar-refractivity contribution in [1.82, 2.24) is 4.31 Å². The maximum Gasteiger partial charge on any atom is 0.218 e. The number of halogens is 1. The molecule has 17 heavy (non-hydrogen) atoms. The Balaban J connectivity index is 2.81. The van der Waals surface area contributed by atoms with Gasteiger partial charge >= 0.3 is 0 Å². The van der Waals surface area contributed by atoms with E-state index in [4.69, 9.17) is 5.11 Å². The lowest BCUT2D eigenvalue weighted by Gasteiger charge is -2.19. The van der Waals surface area contributed by atoms with Crippen molar-refractivity contribution in [2.75, 3.05) is 19.7 Å². The second kappa shape index (κ2) is 6.09. The van der Waals surface area contributed by atoms with E-state index in [1.807, 2.05) is 0 Å².